The Bertz CT molecular complexity index is 4710. The Morgan fingerprint density at radius 3 is 0.832 bits per heavy atom. The summed E-state index contributed by atoms with van der Waals surface area (Å²) in [6, 6.07) is 47.4. The normalized spacial score (nSPS) is 13.7. The number of phenolic OH excluding ortho intramolecular Hbond substituents is 1. The molecule has 0 unspecified atom stereocenters. The summed E-state index contributed by atoms with van der Waals surface area (Å²) in [5.74, 6) is 1.06. The van der Waals surface area contributed by atoms with Crippen molar-refractivity contribution in [3.05, 3.63) is 235 Å². The number of ether oxygens (including phenoxy) is 2. The molecule has 3 aliphatic rings. The van der Waals surface area contributed by atoms with Gasteiger partial charge < -0.3 is 14.6 Å². The van der Waals surface area contributed by atoms with E-state index in [9.17, 15) is 73.4 Å². The number of urea groups is 6. The molecule has 22 nitrogen and oxygen atoms in total. The maximum atomic E-state index is 13.9. The number of carbonyl (C=O) groups excluding carboxylic acids is 10. The van der Waals surface area contributed by atoms with E-state index in [0.29, 0.717) is 35.2 Å². The van der Waals surface area contributed by atoms with Gasteiger partial charge in [0.05, 0.1) is 97.6 Å². The number of hydrogen-bond acceptors (Lipinski definition) is 13. The molecule has 0 aliphatic carbocycles. The smallest absolute Gasteiger partial charge is 0.416 e. The Hall–Kier alpha value is -13.3. The third kappa shape index (κ3) is 17.9. The molecule has 0 fully saturated rings. The lowest BCUT2D eigenvalue weighted by Gasteiger charge is -2.27. The molecule has 9 aromatic rings. The van der Waals surface area contributed by atoms with E-state index >= 15 is 0 Å². The Balaban J connectivity index is 0.000000195. The summed E-state index contributed by atoms with van der Waals surface area (Å²) in [6.45, 7) is 11.5. The fourth-order valence-corrected chi connectivity index (χ4v) is 11.3. The molecular formula is C76H64F9N9O13. The summed E-state index contributed by atoms with van der Waals surface area (Å²) < 4.78 is 133. The number of aromatic hydroxyl groups is 1. The van der Waals surface area contributed by atoms with Crippen molar-refractivity contribution in [1.29, 1.82) is 0 Å². The van der Waals surface area contributed by atoms with E-state index in [-0.39, 0.29) is 95.0 Å². The molecule has 3 aliphatic heterocycles. The van der Waals surface area contributed by atoms with Crippen LogP contribution in [0.5, 0.6) is 17.2 Å². The minimum Gasteiger partial charge on any atom is -0.508 e. The number of hydrogen-bond donors (Lipinski definition) is 1. The van der Waals surface area contributed by atoms with Gasteiger partial charge in [-0.1, -0.05) is 54.6 Å². The SMILES string of the molecule is CCN1C(=O)N(c2ccc(O)cc2)C(=O)N(c2ccccc2)c2cc(C(F)(F)F)ccc21.CCN1C(=O)N(c2ccc(OC(C)C)cc2)C(=O)N(c2ccccc2)c2cc(C(F)(F)F)ccc21.CCOc1ccc(N2C(=O)N(CC)c3ccc(C(F)(F)F)cc3N(c3ccccc3)C2=O)cc1.O=C=O.O=C=O. The minimum atomic E-state index is -4.63. The van der Waals surface area contributed by atoms with Crippen molar-refractivity contribution in [2.75, 3.05) is 70.3 Å². The zero-order valence-corrected chi connectivity index (χ0v) is 57.5. The minimum absolute atomic E-state index is 0.0327. The van der Waals surface area contributed by atoms with Gasteiger partial charge >= 0.3 is 67.0 Å². The quantitative estimate of drug-likeness (QED) is 0.106. The van der Waals surface area contributed by atoms with Gasteiger partial charge in [0, 0.05) is 19.6 Å². The van der Waals surface area contributed by atoms with E-state index in [2.05, 4.69) is 0 Å². The lowest BCUT2D eigenvalue weighted by molar-refractivity contribution is -0.193. The van der Waals surface area contributed by atoms with Crippen molar-refractivity contribution in [2.45, 2.75) is 66.2 Å². The first-order chi connectivity index (χ1) is 50.9. The van der Waals surface area contributed by atoms with E-state index in [1.165, 1.54) is 57.2 Å². The maximum absolute atomic E-state index is 13.9. The van der Waals surface area contributed by atoms with Crippen LogP contribution >= 0.6 is 0 Å². The molecular weight excluding hydrogens is 1420 g/mol. The fourth-order valence-electron chi connectivity index (χ4n) is 11.3. The summed E-state index contributed by atoms with van der Waals surface area (Å²) in [5.41, 5.74) is -0.685. The number of carbonyl (C=O) groups is 6. The first-order valence-electron chi connectivity index (χ1n) is 32.4. The third-order valence-electron chi connectivity index (χ3n) is 15.9. The Morgan fingerprint density at radius 1 is 0.336 bits per heavy atom. The number of halogens is 9. The zero-order chi connectivity index (χ0) is 78.2. The first-order valence-corrected chi connectivity index (χ1v) is 32.4. The van der Waals surface area contributed by atoms with Crippen molar-refractivity contribution in [1.82, 2.24) is 0 Å². The number of anilines is 12. The Kier molecular flexibility index (Phi) is 25.5. The molecule has 9 aromatic carbocycles. The molecule has 0 saturated carbocycles. The van der Waals surface area contributed by atoms with Crippen LogP contribution in [0.3, 0.4) is 0 Å². The molecule has 0 spiro atoms. The fraction of sp³-hybridized carbons (Fsp3) is 0.184. The number of nitrogens with zero attached hydrogens (tertiary/aromatic N) is 9. The summed E-state index contributed by atoms with van der Waals surface area (Å²) in [4.78, 5) is 124. The Labute approximate surface area is 605 Å². The second-order valence-electron chi connectivity index (χ2n) is 22.8. The molecule has 31 heteroatoms. The van der Waals surface area contributed by atoms with Crippen LogP contribution < -0.4 is 53.6 Å². The van der Waals surface area contributed by atoms with Gasteiger partial charge in [0.2, 0.25) is 0 Å². The van der Waals surface area contributed by atoms with Crippen LogP contribution in [0.2, 0.25) is 0 Å². The number of fused-ring (bicyclic) bond motifs is 3. The van der Waals surface area contributed by atoms with Crippen LogP contribution in [0.25, 0.3) is 0 Å². The highest BCUT2D eigenvalue weighted by molar-refractivity contribution is 6.30. The summed E-state index contributed by atoms with van der Waals surface area (Å²) >= 11 is 0. The van der Waals surface area contributed by atoms with Gasteiger partial charge in [0.25, 0.3) is 0 Å². The van der Waals surface area contributed by atoms with Crippen molar-refractivity contribution >= 4 is 117 Å². The number of imide groups is 3. The molecule has 0 aromatic heterocycles. The van der Waals surface area contributed by atoms with E-state index in [1.54, 1.807) is 160 Å². The van der Waals surface area contributed by atoms with Crippen molar-refractivity contribution < 1.29 is 102 Å². The van der Waals surface area contributed by atoms with E-state index in [0.717, 1.165) is 65.8 Å². The van der Waals surface area contributed by atoms with Crippen LogP contribution in [0.15, 0.2) is 218 Å². The highest BCUT2D eigenvalue weighted by Gasteiger charge is 2.45. The predicted octanol–water partition coefficient (Wildman–Crippen LogP) is 19.0. The van der Waals surface area contributed by atoms with Crippen LogP contribution in [0.4, 0.5) is 137 Å². The second-order valence-corrected chi connectivity index (χ2v) is 22.8. The van der Waals surface area contributed by atoms with Crippen LogP contribution in [0, 0.1) is 0 Å². The van der Waals surface area contributed by atoms with Crippen LogP contribution in [-0.4, -0.2) is 85.9 Å². The summed E-state index contributed by atoms with van der Waals surface area (Å²) in [6.07, 6.45) is -13.4. The van der Waals surface area contributed by atoms with Crippen LogP contribution in [0.1, 0.15) is 58.2 Å². The summed E-state index contributed by atoms with van der Waals surface area (Å²) in [7, 11) is 0. The molecule has 554 valence electrons. The van der Waals surface area contributed by atoms with E-state index in [4.69, 9.17) is 28.7 Å². The molecule has 12 amide bonds. The van der Waals surface area contributed by atoms with E-state index < -0.39 is 71.4 Å². The topological polar surface area (TPSA) is 239 Å². The predicted molar refractivity (Wildman–Crippen MR) is 377 cm³/mol. The number of amides is 12. The second kappa shape index (κ2) is 34.3. The van der Waals surface area contributed by atoms with E-state index in [1.807, 2.05) is 20.8 Å². The average Bonchev–Trinajstić information content (AvgIpc) is 1.64. The van der Waals surface area contributed by atoms with Gasteiger partial charge in [-0.05, 0) is 205 Å². The van der Waals surface area contributed by atoms with Crippen molar-refractivity contribution in [3.63, 3.8) is 0 Å². The molecule has 12 rings (SSSR count). The van der Waals surface area contributed by atoms with Gasteiger partial charge in [-0.25, -0.2) is 43.5 Å². The molecule has 0 bridgehead atoms. The molecule has 1 N–H and O–H groups in total. The number of rotatable bonds is 13. The molecule has 107 heavy (non-hydrogen) atoms. The van der Waals surface area contributed by atoms with Gasteiger partial charge in [-0.15, -0.1) is 0 Å². The largest absolute Gasteiger partial charge is 0.508 e. The monoisotopic (exact) mass is 1480 g/mol. The molecule has 0 atom stereocenters. The molecule has 0 saturated heterocycles. The van der Waals surface area contributed by atoms with Gasteiger partial charge in [0.1, 0.15) is 17.2 Å². The number of alkyl halides is 9. The first kappa shape index (κ1) is 79.4. The van der Waals surface area contributed by atoms with Crippen molar-refractivity contribution in [2.24, 2.45) is 0 Å². The number of para-hydroxylation sites is 3. The van der Waals surface area contributed by atoms with Crippen molar-refractivity contribution in [3.8, 4) is 17.2 Å². The average molecular weight is 1480 g/mol. The molecule has 3 heterocycles. The van der Waals surface area contributed by atoms with Gasteiger partial charge in [-0.3, -0.25) is 29.4 Å². The maximum Gasteiger partial charge on any atom is 0.416 e. The van der Waals surface area contributed by atoms with Gasteiger partial charge in [-0.2, -0.15) is 58.7 Å². The standard InChI is InChI=1S/C26H24F3N3O3.C25H22F3N3O3.C23H18F3N3O3.2CO2/c1-4-30-22-15-10-18(26(27,28)29)16-23(22)31(19-8-6-5-7-9-19)25(34)32(24(30)33)20-11-13-21(14-12-20)35-17(2)3;1-3-29-21-15-10-17(25(26,27)28)16-22(21)30(18-8-6-5-7-9-18)24(33)31(23(29)32)19-11-13-20(14-12-19)34-4-2;1-2-27-19-13-8-15(23(24,25)26)14-20(19)28(16-6-4-3-5-7-16)22(32)29(21(27)31)17-9-11-18(30)12-10-17;2*2-1-3/h5-17H,4H2,1-3H3;5-16H,3-4H2,1-2H3;3-14,30H,2H2,1H3;;. The Morgan fingerprint density at radius 2 is 0.589 bits per heavy atom. The lowest BCUT2D eigenvalue weighted by Crippen LogP contribution is -2.48. The highest BCUT2D eigenvalue weighted by Crippen LogP contribution is 2.48. The lowest BCUT2D eigenvalue weighted by atomic mass is 10.1. The summed E-state index contributed by atoms with van der Waals surface area (Å²) in [5, 5.41) is 9.60. The zero-order valence-electron chi connectivity index (χ0n) is 57.5. The van der Waals surface area contributed by atoms with Gasteiger partial charge in [0.15, 0.2) is 0 Å². The third-order valence-corrected chi connectivity index (χ3v) is 15.9. The van der Waals surface area contributed by atoms with Crippen LogP contribution in [-0.2, 0) is 37.7 Å². The highest BCUT2D eigenvalue weighted by atomic mass is 19.4. The number of phenols is 1. The number of benzene rings is 9. The molecule has 0 radical (unpaired) electrons.